The average molecular weight is 437 g/mol. The van der Waals surface area contributed by atoms with Crippen molar-refractivity contribution >= 4 is 0 Å². The molecule has 0 amide bonds. The highest BCUT2D eigenvalue weighted by atomic mass is 16.3. The van der Waals surface area contributed by atoms with Gasteiger partial charge in [-0.3, -0.25) is 0 Å². The van der Waals surface area contributed by atoms with Gasteiger partial charge in [-0.15, -0.1) is 0 Å². The molecular formula is C24H48N6O. The average Bonchev–Trinajstić information content (AvgIpc) is 2.59. The van der Waals surface area contributed by atoms with Crippen molar-refractivity contribution in [3.05, 3.63) is 28.8 Å². The Balaban J connectivity index is 2.79. The normalized spacial score (nSPS) is 13.1. The third-order valence-electron chi connectivity index (χ3n) is 5.13. The molecule has 0 aliphatic carbocycles. The van der Waals surface area contributed by atoms with Crippen LogP contribution in [0.2, 0.25) is 0 Å². The molecule has 0 saturated carbocycles. The van der Waals surface area contributed by atoms with Gasteiger partial charge in [-0.2, -0.15) is 0 Å². The molecule has 1 aromatic rings. The Morgan fingerprint density at radius 2 is 0.968 bits per heavy atom. The van der Waals surface area contributed by atoms with Crippen LogP contribution in [0.1, 0.15) is 77.5 Å². The van der Waals surface area contributed by atoms with E-state index in [1.165, 1.54) is 0 Å². The van der Waals surface area contributed by atoms with Crippen molar-refractivity contribution in [3.63, 3.8) is 0 Å². The van der Waals surface area contributed by atoms with E-state index in [9.17, 15) is 5.11 Å². The van der Waals surface area contributed by atoms with E-state index in [4.69, 9.17) is 17.2 Å². The van der Waals surface area contributed by atoms with Gasteiger partial charge in [-0.25, -0.2) is 0 Å². The van der Waals surface area contributed by atoms with E-state index in [2.05, 4.69) is 28.1 Å². The number of nitrogens with two attached hydrogens (primary N) is 3. The number of hydrogen-bond acceptors (Lipinski definition) is 7. The van der Waals surface area contributed by atoms with Gasteiger partial charge in [0.05, 0.1) is 0 Å². The van der Waals surface area contributed by atoms with Crippen molar-refractivity contribution in [2.45, 2.75) is 97.1 Å². The quantitative estimate of drug-likeness (QED) is 0.209. The van der Waals surface area contributed by atoms with E-state index in [1.54, 1.807) is 0 Å². The number of phenolic OH excluding ortho intramolecular Hbond substituents is 1. The van der Waals surface area contributed by atoms with Crippen LogP contribution < -0.4 is 33.2 Å². The Bertz CT molecular complexity index is 612. The molecule has 0 aliphatic heterocycles. The molecule has 1 rings (SSSR count). The summed E-state index contributed by atoms with van der Waals surface area (Å²) in [6.07, 6.45) is 2.64. The zero-order chi connectivity index (χ0) is 23.7. The van der Waals surface area contributed by atoms with Crippen LogP contribution in [0.25, 0.3) is 0 Å². The molecule has 0 unspecified atom stereocenters. The molecule has 0 fully saturated rings. The molecule has 0 heterocycles. The summed E-state index contributed by atoms with van der Waals surface area (Å²) >= 11 is 0. The van der Waals surface area contributed by atoms with Gasteiger partial charge in [-0.05, 0) is 98.1 Å². The lowest BCUT2D eigenvalue weighted by atomic mass is 10.0. The smallest absolute Gasteiger partial charge is 0.124 e. The molecule has 7 heteroatoms. The van der Waals surface area contributed by atoms with Gasteiger partial charge in [0, 0.05) is 47.4 Å². The first-order chi connectivity index (χ1) is 14.2. The summed E-state index contributed by atoms with van der Waals surface area (Å²) in [4.78, 5) is 0. The second-order valence-corrected chi connectivity index (χ2v) is 11.0. The zero-order valence-electron chi connectivity index (χ0n) is 20.7. The van der Waals surface area contributed by atoms with E-state index >= 15 is 0 Å². The van der Waals surface area contributed by atoms with Crippen LogP contribution >= 0.6 is 0 Å². The van der Waals surface area contributed by atoms with Gasteiger partial charge in [0.25, 0.3) is 0 Å². The molecule has 1 aromatic carbocycles. The van der Waals surface area contributed by atoms with Crippen molar-refractivity contribution in [2.75, 3.05) is 19.6 Å². The van der Waals surface area contributed by atoms with Crippen LogP contribution in [-0.2, 0) is 19.6 Å². The summed E-state index contributed by atoms with van der Waals surface area (Å²) in [7, 11) is 0. The minimum atomic E-state index is -0.205. The number of hydrogen-bond donors (Lipinski definition) is 7. The summed E-state index contributed by atoms with van der Waals surface area (Å²) in [6.45, 7) is 16.6. The molecular weight excluding hydrogens is 388 g/mol. The van der Waals surface area contributed by atoms with Gasteiger partial charge < -0.3 is 38.3 Å². The van der Waals surface area contributed by atoms with E-state index in [-0.39, 0.29) is 16.6 Å². The molecule has 0 radical (unpaired) electrons. The monoisotopic (exact) mass is 436 g/mol. The number of aromatic hydroxyl groups is 1. The van der Waals surface area contributed by atoms with Crippen molar-refractivity contribution in [3.8, 4) is 5.75 Å². The molecule has 10 N–H and O–H groups in total. The van der Waals surface area contributed by atoms with Crippen LogP contribution in [0.5, 0.6) is 5.75 Å². The maximum absolute atomic E-state index is 10.8. The lowest BCUT2D eigenvalue weighted by Gasteiger charge is -2.20. The zero-order valence-corrected chi connectivity index (χ0v) is 20.7. The minimum absolute atomic E-state index is 0.181. The Labute approximate surface area is 189 Å². The highest BCUT2D eigenvalue weighted by molar-refractivity contribution is 5.44. The van der Waals surface area contributed by atoms with Crippen molar-refractivity contribution < 1.29 is 5.11 Å². The molecule has 180 valence electrons. The van der Waals surface area contributed by atoms with Crippen molar-refractivity contribution in [1.82, 2.24) is 16.0 Å². The summed E-state index contributed by atoms with van der Waals surface area (Å²) in [5.74, 6) is 0.353. The van der Waals surface area contributed by atoms with E-state index in [1.807, 2.05) is 41.5 Å². The SMILES string of the molecule is CC(C)(N)CCNCc1cc(CNCCC(C)(C)N)c(O)c(CNCCC(C)(C)N)c1. The second-order valence-electron chi connectivity index (χ2n) is 11.0. The van der Waals surface area contributed by atoms with E-state index in [0.717, 1.165) is 62.1 Å². The number of nitrogens with one attached hydrogen (secondary N) is 3. The molecule has 0 saturated heterocycles. The molecule has 0 aliphatic rings. The predicted octanol–water partition coefficient (Wildman–Crippen LogP) is 2.04. The van der Waals surface area contributed by atoms with E-state index in [0.29, 0.717) is 18.8 Å². The highest BCUT2D eigenvalue weighted by Gasteiger charge is 2.14. The maximum Gasteiger partial charge on any atom is 0.124 e. The second kappa shape index (κ2) is 12.1. The van der Waals surface area contributed by atoms with Gasteiger partial charge >= 0.3 is 0 Å². The van der Waals surface area contributed by atoms with Crippen LogP contribution in [0, 0.1) is 0 Å². The van der Waals surface area contributed by atoms with Crippen LogP contribution in [0.3, 0.4) is 0 Å². The maximum atomic E-state index is 10.8. The highest BCUT2D eigenvalue weighted by Crippen LogP contribution is 2.25. The predicted molar refractivity (Wildman–Crippen MR) is 132 cm³/mol. The van der Waals surface area contributed by atoms with Crippen LogP contribution in [0.15, 0.2) is 12.1 Å². The fourth-order valence-electron chi connectivity index (χ4n) is 3.11. The summed E-state index contributed by atoms with van der Waals surface area (Å²) in [5.41, 5.74) is 20.6. The standard InChI is InChI=1S/C24H48N6O/c1-22(2,25)7-10-28-15-18-13-19(16-29-11-8-23(3,4)26)21(31)20(14-18)17-30-12-9-24(5,6)27/h13-14,28-31H,7-12,15-17,25-27H2,1-6H3. The van der Waals surface area contributed by atoms with Crippen LogP contribution in [0.4, 0.5) is 0 Å². The minimum Gasteiger partial charge on any atom is -0.507 e. The number of rotatable bonds is 15. The summed E-state index contributed by atoms with van der Waals surface area (Å²) in [5, 5.41) is 21.1. The first kappa shape index (κ1) is 27.8. The first-order valence-corrected chi connectivity index (χ1v) is 11.5. The molecule has 0 spiro atoms. The number of phenols is 1. The van der Waals surface area contributed by atoms with Crippen LogP contribution in [-0.4, -0.2) is 41.4 Å². The van der Waals surface area contributed by atoms with E-state index < -0.39 is 0 Å². The fraction of sp³-hybridized carbons (Fsp3) is 0.750. The molecule has 7 nitrogen and oxygen atoms in total. The topological polar surface area (TPSA) is 134 Å². The third-order valence-corrected chi connectivity index (χ3v) is 5.13. The summed E-state index contributed by atoms with van der Waals surface area (Å²) < 4.78 is 0. The van der Waals surface area contributed by atoms with Gasteiger partial charge in [0.15, 0.2) is 0 Å². The van der Waals surface area contributed by atoms with Gasteiger partial charge in [0.1, 0.15) is 5.75 Å². The fourth-order valence-corrected chi connectivity index (χ4v) is 3.11. The largest absolute Gasteiger partial charge is 0.507 e. The lowest BCUT2D eigenvalue weighted by molar-refractivity contribution is 0.434. The molecule has 0 aromatic heterocycles. The Morgan fingerprint density at radius 1 is 0.645 bits per heavy atom. The Hall–Kier alpha value is -1.22. The molecule has 31 heavy (non-hydrogen) atoms. The lowest BCUT2D eigenvalue weighted by Crippen LogP contribution is -2.36. The van der Waals surface area contributed by atoms with Gasteiger partial charge in [0.2, 0.25) is 0 Å². The van der Waals surface area contributed by atoms with Crippen molar-refractivity contribution in [2.24, 2.45) is 17.2 Å². The molecule has 0 atom stereocenters. The third kappa shape index (κ3) is 13.7. The first-order valence-electron chi connectivity index (χ1n) is 11.5. The Kier molecular flexibility index (Phi) is 10.9. The Morgan fingerprint density at radius 3 is 1.29 bits per heavy atom. The molecule has 0 bridgehead atoms. The van der Waals surface area contributed by atoms with Gasteiger partial charge in [-0.1, -0.05) is 0 Å². The number of benzene rings is 1. The summed E-state index contributed by atoms with van der Waals surface area (Å²) in [6, 6.07) is 4.14. The van der Waals surface area contributed by atoms with Crippen molar-refractivity contribution in [1.29, 1.82) is 0 Å².